The number of carboxylic acid groups (broad SMARTS) is 1. The molecule has 0 unspecified atom stereocenters. The van der Waals surface area contributed by atoms with Gasteiger partial charge in [0.1, 0.15) is 12.4 Å². The SMILES string of the molecule is COc1cc(F)c(OCc2ccc(C(C)(C)C(=O)O)cc2)cc1C(=O)N[C@H]1[C@@H](C(=O)Nc2cccc(S(=O)(=O)C(F)(F)F)c2)[C@@H]2C=C[C@H]1C2. The number of benzene rings is 3. The van der Waals surface area contributed by atoms with Crippen molar-refractivity contribution >= 4 is 33.3 Å². The number of amides is 2. The van der Waals surface area contributed by atoms with Crippen LogP contribution in [0.5, 0.6) is 11.5 Å². The molecule has 5 rings (SSSR count). The molecule has 3 N–H and O–H groups in total. The first-order valence-electron chi connectivity index (χ1n) is 15.0. The Bertz CT molecular complexity index is 1930. The second-order valence-electron chi connectivity index (χ2n) is 12.3. The summed E-state index contributed by atoms with van der Waals surface area (Å²) in [4.78, 5) is 37.6. The Morgan fingerprint density at radius 1 is 0.959 bits per heavy atom. The number of aliphatic carboxylic acids is 1. The molecule has 2 aliphatic rings. The minimum Gasteiger partial charge on any atom is -0.496 e. The van der Waals surface area contributed by atoms with Crippen molar-refractivity contribution in [2.45, 2.75) is 48.7 Å². The summed E-state index contributed by atoms with van der Waals surface area (Å²) >= 11 is 0. The number of fused-ring (bicyclic) bond motifs is 2. The van der Waals surface area contributed by atoms with Gasteiger partial charge in [0.05, 0.1) is 28.9 Å². The monoisotopic (exact) mass is 704 g/mol. The molecule has 3 aromatic rings. The lowest BCUT2D eigenvalue weighted by Crippen LogP contribution is -2.47. The van der Waals surface area contributed by atoms with Crippen LogP contribution >= 0.6 is 0 Å². The van der Waals surface area contributed by atoms with Crippen molar-refractivity contribution in [3.8, 4) is 11.5 Å². The molecule has 0 heterocycles. The third kappa shape index (κ3) is 6.98. The zero-order chi connectivity index (χ0) is 35.9. The van der Waals surface area contributed by atoms with Gasteiger partial charge in [-0.3, -0.25) is 14.4 Å². The summed E-state index contributed by atoms with van der Waals surface area (Å²) < 4.78 is 88.9. The molecule has 0 saturated heterocycles. The number of alkyl halides is 3. The van der Waals surface area contributed by atoms with Crippen LogP contribution in [0, 0.1) is 23.6 Å². The van der Waals surface area contributed by atoms with E-state index in [-0.39, 0.29) is 41.2 Å². The summed E-state index contributed by atoms with van der Waals surface area (Å²) in [6.07, 6.45) is 4.15. The van der Waals surface area contributed by atoms with Gasteiger partial charge in [-0.15, -0.1) is 0 Å². The number of carbonyl (C=O) groups is 3. The summed E-state index contributed by atoms with van der Waals surface area (Å²) in [5.74, 6) is -4.98. The van der Waals surface area contributed by atoms with Crippen LogP contribution in [0.1, 0.15) is 41.8 Å². The third-order valence-electron chi connectivity index (χ3n) is 8.88. The lowest BCUT2D eigenvalue weighted by Gasteiger charge is -2.28. The zero-order valence-electron chi connectivity index (χ0n) is 26.4. The summed E-state index contributed by atoms with van der Waals surface area (Å²) in [6.45, 7) is 3.02. The molecule has 2 bridgehead atoms. The number of halogens is 4. The number of hydrogen-bond donors (Lipinski definition) is 3. The first kappa shape index (κ1) is 35.4. The highest BCUT2D eigenvalue weighted by Crippen LogP contribution is 2.45. The lowest BCUT2D eigenvalue weighted by molar-refractivity contribution is -0.142. The maximum absolute atomic E-state index is 15.0. The predicted octanol–water partition coefficient (Wildman–Crippen LogP) is 5.63. The van der Waals surface area contributed by atoms with Gasteiger partial charge in [-0.25, -0.2) is 12.8 Å². The Hall–Kier alpha value is -4.92. The molecule has 1 saturated carbocycles. The van der Waals surface area contributed by atoms with Crippen molar-refractivity contribution in [1.29, 1.82) is 0 Å². The minimum atomic E-state index is -5.65. The van der Waals surface area contributed by atoms with Gasteiger partial charge in [-0.2, -0.15) is 13.2 Å². The smallest absolute Gasteiger partial charge is 0.496 e. The van der Waals surface area contributed by atoms with E-state index in [1.54, 1.807) is 38.1 Å². The molecule has 0 radical (unpaired) electrons. The lowest BCUT2D eigenvalue weighted by atomic mass is 9.84. The van der Waals surface area contributed by atoms with Crippen LogP contribution in [0.25, 0.3) is 0 Å². The molecule has 4 atom stereocenters. The fraction of sp³-hybridized carbons (Fsp3) is 0.324. The van der Waals surface area contributed by atoms with Crippen molar-refractivity contribution in [3.05, 3.63) is 95.3 Å². The van der Waals surface area contributed by atoms with Crippen LogP contribution in [0.4, 0.5) is 23.2 Å². The van der Waals surface area contributed by atoms with Crippen LogP contribution in [-0.4, -0.2) is 50.0 Å². The van der Waals surface area contributed by atoms with Gasteiger partial charge in [0.15, 0.2) is 11.6 Å². The summed E-state index contributed by atoms with van der Waals surface area (Å²) in [7, 11) is -4.40. The number of ether oxygens (including phenoxy) is 2. The third-order valence-corrected chi connectivity index (χ3v) is 10.4. The van der Waals surface area contributed by atoms with E-state index >= 15 is 0 Å². The Labute approximate surface area is 279 Å². The molecule has 0 aromatic heterocycles. The van der Waals surface area contributed by atoms with Crippen LogP contribution in [0.3, 0.4) is 0 Å². The highest BCUT2D eigenvalue weighted by molar-refractivity contribution is 7.92. The maximum atomic E-state index is 15.0. The zero-order valence-corrected chi connectivity index (χ0v) is 27.2. The molecule has 0 aliphatic heterocycles. The van der Waals surface area contributed by atoms with Gasteiger partial charge in [-0.1, -0.05) is 42.5 Å². The topological polar surface area (TPSA) is 148 Å². The van der Waals surface area contributed by atoms with Gasteiger partial charge in [0.2, 0.25) is 5.91 Å². The number of rotatable bonds is 11. The minimum absolute atomic E-state index is 0.0894. The highest BCUT2D eigenvalue weighted by atomic mass is 32.2. The van der Waals surface area contributed by atoms with Crippen molar-refractivity contribution in [3.63, 3.8) is 0 Å². The molecule has 49 heavy (non-hydrogen) atoms. The summed E-state index contributed by atoms with van der Waals surface area (Å²) in [5, 5.41) is 14.8. The standard InChI is InChI=1S/C34H32F4N2O8S/c1-33(2,32(43)44)21-11-7-18(8-12-21)17-48-27-15-24(26(47-3)16-25(27)35)30(41)40-29-20-10-9-19(13-20)28(29)31(42)39-22-5-4-6-23(14-22)49(45,46)34(36,37)38/h4-12,14-16,19-20,28-29H,13,17H2,1-3H3,(H,39,42)(H,40,41)(H,43,44)/t19-,20+,28+,29-/m1/s1. The fourth-order valence-electron chi connectivity index (χ4n) is 6.00. The molecule has 260 valence electrons. The van der Waals surface area contributed by atoms with Crippen LogP contribution in [-0.2, 0) is 31.4 Å². The number of carbonyl (C=O) groups excluding carboxylic acids is 2. The molecular weight excluding hydrogens is 672 g/mol. The summed E-state index contributed by atoms with van der Waals surface area (Å²) in [6, 6.07) is 11.7. The van der Waals surface area contributed by atoms with Gasteiger partial charge >= 0.3 is 11.5 Å². The highest BCUT2D eigenvalue weighted by Gasteiger charge is 2.50. The predicted molar refractivity (Wildman–Crippen MR) is 168 cm³/mol. The number of sulfone groups is 1. The average molecular weight is 705 g/mol. The number of hydrogen-bond acceptors (Lipinski definition) is 7. The van der Waals surface area contributed by atoms with Gasteiger partial charge < -0.3 is 25.2 Å². The van der Waals surface area contributed by atoms with E-state index in [4.69, 9.17) is 9.47 Å². The molecule has 2 amide bonds. The van der Waals surface area contributed by atoms with Crippen molar-refractivity contribution in [2.75, 3.05) is 12.4 Å². The van der Waals surface area contributed by atoms with E-state index < -0.39 is 61.2 Å². The van der Waals surface area contributed by atoms with E-state index in [2.05, 4.69) is 10.6 Å². The first-order chi connectivity index (χ1) is 22.9. The Kier molecular flexibility index (Phi) is 9.52. The van der Waals surface area contributed by atoms with Crippen LogP contribution < -0.4 is 20.1 Å². The number of nitrogens with one attached hydrogen (secondary N) is 2. The fourth-order valence-corrected chi connectivity index (χ4v) is 6.81. The van der Waals surface area contributed by atoms with Crippen LogP contribution in [0.15, 0.2) is 77.7 Å². The van der Waals surface area contributed by atoms with Gasteiger partial charge in [0, 0.05) is 17.8 Å². The largest absolute Gasteiger partial charge is 0.501 e. The number of carboxylic acids is 1. The quantitative estimate of drug-likeness (QED) is 0.172. The Balaban J connectivity index is 1.32. The van der Waals surface area contributed by atoms with Crippen molar-refractivity contribution < 1.29 is 54.9 Å². The molecule has 2 aliphatic carbocycles. The van der Waals surface area contributed by atoms with E-state index in [9.17, 15) is 45.5 Å². The number of methoxy groups -OCH3 is 1. The van der Waals surface area contributed by atoms with Crippen LogP contribution in [0.2, 0.25) is 0 Å². The maximum Gasteiger partial charge on any atom is 0.501 e. The second kappa shape index (κ2) is 13.2. The van der Waals surface area contributed by atoms with E-state index in [1.165, 1.54) is 13.2 Å². The second-order valence-corrected chi connectivity index (χ2v) is 14.3. The molecule has 0 spiro atoms. The summed E-state index contributed by atoms with van der Waals surface area (Å²) in [5.41, 5.74) is -5.75. The molecular formula is C34H32F4N2O8S. The van der Waals surface area contributed by atoms with E-state index in [1.807, 2.05) is 12.2 Å². The van der Waals surface area contributed by atoms with Gasteiger partial charge in [-0.05, 0) is 67.5 Å². The number of allylic oxidation sites excluding steroid dienone is 1. The van der Waals surface area contributed by atoms with Gasteiger partial charge in [0.25, 0.3) is 15.7 Å². The van der Waals surface area contributed by atoms with E-state index in [0.717, 1.165) is 24.3 Å². The average Bonchev–Trinajstić information content (AvgIpc) is 3.66. The van der Waals surface area contributed by atoms with Crippen molar-refractivity contribution in [1.82, 2.24) is 5.32 Å². The molecule has 10 nitrogen and oxygen atoms in total. The van der Waals surface area contributed by atoms with E-state index in [0.29, 0.717) is 23.6 Å². The van der Waals surface area contributed by atoms with Crippen molar-refractivity contribution in [2.24, 2.45) is 17.8 Å². The Morgan fingerprint density at radius 2 is 1.63 bits per heavy atom. The number of anilines is 1. The Morgan fingerprint density at radius 3 is 2.27 bits per heavy atom. The first-order valence-corrected chi connectivity index (χ1v) is 16.5. The molecule has 1 fully saturated rings. The molecule has 15 heteroatoms. The molecule has 3 aromatic carbocycles. The normalized spacial score (nSPS) is 20.1.